The van der Waals surface area contributed by atoms with E-state index in [0.29, 0.717) is 24.9 Å². The number of carbonyl (C=O) groups is 1. The van der Waals surface area contributed by atoms with E-state index in [9.17, 15) is 15.0 Å². The van der Waals surface area contributed by atoms with Crippen molar-refractivity contribution >= 4 is 5.91 Å². The van der Waals surface area contributed by atoms with Gasteiger partial charge in [-0.2, -0.15) is 5.26 Å². The molecule has 0 heterocycles. The molecule has 5 nitrogen and oxygen atoms in total. The smallest absolute Gasteiger partial charge is 0.222 e. The number of nitrogens with zero attached hydrogens (tertiary/aromatic N) is 2. The molecule has 1 aromatic rings. The van der Waals surface area contributed by atoms with Crippen LogP contribution in [0.15, 0.2) is 24.3 Å². The van der Waals surface area contributed by atoms with Crippen molar-refractivity contribution in [1.29, 1.82) is 5.26 Å². The standard InChI is InChI=1S/C16H22N2O3/c1-16(11-19,12-20)10-18(2)15(21)8-7-13-3-5-14(9-17)6-4-13/h3-6,19-20H,7-8,10-12H2,1-2H3. The number of carbonyl (C=O) groups excluding carboxylic acids is 1. The number of hydrogen-bond donors (Lipinski definition) is 2. The number of rotatable bonds is 7. The molecule has 0 aromatic heterocycles. The Labute approximate surface area is 125 Å². The van der Waals surface area contributed by atoms with Gasteiger partial charge in [0.05, 0.1) is 24.8 Å². The highest BCUT2D eigenvalue weighted by Gasteiger charge is 2.26. The summed E-state index contributed by atoms with van der Waals surface area (Å²) >= 11 is 0. The third-order valence-corrected chi connectivity index (χ3v) is 3.52. The van der Waals surface area contributed by atoms with Crippen LogP contribution in [0.2, 0.25) is 0 Å². The van der Waals surface area contributed by atoms with Crippen LogP contribution in [0.5, 0.6) is 0 Å². The van der Waals surface area contributed by atoms with Gasteiger partial charge in [0.15, 0.2) is 0 Å². The minimum Gasteiger partial charge on any atom is -0.396 e. The van der Waals surface area contributed by atoms with Crippen LogP contribution < -0.4 is 0 Å². The quantitative estimate of drug-likeness (QED) is 0.782. The maximum atomic E-state index is 12.1. The molecule has 0 spiro atoms. The number of aliphatic hydroxyl groups excluding tert-OH is 2. The second-order valence-corrected chi connectivity index (χ2v) is 5.69. The molecule has 21 heavy (non-hydrogen) atoms. The molecule has 0 bridgehead atoms. The summed E-state index contributed by atoms with van der Waals surface area (Å²) in [6, 6.07) is 9.21. The molecule has 0 aliphatic rings. The molecular formula is C16H22N2O3. The van der Waals surface area contributed by atoms with Crippen LogP contribution in [0.1, 0.15) is 24.5 Å². The number of amides is 1. The van der Waals surface area contributed by atoms with E-state index in [0.717, 1.165) is 5.56 Å². The van der Waals surface area contributed by atoms with Crippen molar-refractivity contribution in [2.24, 2.45) is 5.41 Å². The summed E-state index contributed by atoms with van der Waals surface area (Å²) in [4.78, 5) is 13.6. The minimum atomic E-state index is -0.682. The van der Waals surface area contributed by atoms with Crippen LogP contribution in [0.4, 0.5) is 0 Å². The van der Waals surface area contributed by atoms with Gasteiger partial charge in [0.1, 0.15) is 0 Å². The van der Waals surface area contributed by atoms with E-state index < -0.39 is 5.41 Å². The number of aryl methyl sites for hydroxylation is 1. The summed E-state index contributed by atoms with van der Waals surface area (Å²) < 4.78 is 0. The van der Waals surface area contributed by atoms with Gasteiger partial charge in [0.25, 0.3) is 0 Å². The summed E-state index contributed by atoms with van der Waals surface area (Å²) in [6.07, 6.45) is 0.958. The topological polar surface area (TPSA) is 84.6 Å². The highest BCUT2D eigenvalue weighted by molar-refractivity contribution is 5.76. The fourth-order valence-electron chi connectivity index (χ4n) is 2.00. The van der Waals surface area contributed by atoms with Crippen molar-refractivity contribution in [3.8, 4) is 6.07 Å². The Kier molecular flexibility index (Phi) is 6.35. The molecule has 0 unspecified atom stereocenters. The van der Waals surface area contributed by atoms with Crippen LogP contribution in [-0.4, -0.2) is 47.8 Å². The van der Waals surface area contributed by atoms with E-state index in [-0.39, 0.29) is 19.1 Å². The second-order valence-electron chi connectivity index (χ2n) is 5.69. The van der Waals surface area contributed by atoms with Gasteiger partial charge in [-0.1, -0.05) is 19.1 Å². The molecule has 114 valence electrons. The number of benzene rings is 1. The Balaban J connectivity index is 2.51. The highest BCUT2D eigenvalue weighted by atomic mass is 16.3. The molecular weight excluding hydrogens is 268 g/mol. The maximum absolute atomic E-state index is 12.1. The molecule has 0 aliphatic heterocycles. The zero-order valence-corrected chi connectivity index (χ0v) is 12.5. The van der Waals surface area contributed by atoms with Gasteiger partial charge < -0.3 is 15.1 Å². The summed E-state index contributed by atoms with van der Waals surface area (Å²) in [5.41, 5.74) is 0.922. The van der Waals surface area contributed by atoms with Crippen LogP contribution in [0, 0.1) is 16.7 Å². The third kappa shape index (κ3) is 5.18. The molecule has 1 amide bonds. The average Bonchev–Trinajstić information content (AvgIpc) is 2.52. The summed E-state index contributed by atoms with van der Waals surface area (Å²) in [5.74, 6) is -0.0347. The lowest BCUT2D eigenvalue weighted by Gasteiger charge is -2.30. The normalized spacial score (nSPS) is 11.0. The van der Waals surface area contributed by atoms with Crippen LogP contribution in [0.25, 0.3) is 0 Å². The first-order valence-corrected chi connectivity index (χ1v) is 6.89. The Morgan fingerprint density at radius 3 is 2.33 bits per heavy atom. The predicted molar refractivity (Wildman–Crippen MR) is 79.4 cm³/mol. The lowest BCUT2D eigenvalue weighted by atomic mass is 9.92. The molecule has 2 N–H and O–H groups in total. The van der Waals surface area contributed by atoms with E-state index >= 15 is 0 Å². The fourth-order valence-corrected chi connectivity index (χ4v) is 2.00. The van der Waals surface area contributed by atoms with Gasteiger partial charge in [0.2, 0.25) is 5.91 Å². The first-order valence-electron chi connectivity index (χ1n) is 6.89. The number of hydrogen-bond acceptors (Lipinski definition) is 4. The largest absolute Gasteiger partial charge is 0.396 e. The Bertz CT molecular complexity index is 501. The van der Waals surface area contributed by atoms with E-state index in [1.165, 1.54) is 4.90 Å². The Morgan fingerprint density at radius 1 is 1.29 bits per heavy atom. The Morgan fingerprint density at radius 2 is 1.86 bits per heavy atom. The van der Waals surface area contributed by atoms with Crippen LogP contribution in [-0.2, 0) is 11.2 Å². The lowest BCUT2D eigenvalue weighted by Crippen LogP contribution is -2.41. The zero-order valence-electron chi connectivity index (χ0n) is 12.5. The van der Waals surface area contributed by atoms with Gasteiger partial charge >= 0.3 is 0 Å². The van der Waals surface area contributed by atoms with Gasteiger partial charge in [-0.25, -0.2) is 0 Å². The Hall–Kier alpha value is -1.90. The number of aliphatic hydroxyl groups is 2. The van der Waals surface area contributed by atoms with Gasteiger partial charge in [-0.15, -0.1) is 0 Å². The molecule has 0 radical (unpaired) electrons. The molecule has 0 saturated carbocycles. The third-order valence-electron chi connectivity index (χ3n) is 3.52. The van der Waals surface area contributed by atoms with Crippen molar-refractivity contribution < 1.29 is 15.0 Å². The fraction of sp³-hybridized carbons (Fsp3) is 0.500. The summed E-state index contributed by atoms with van der Waals surface area (Å²) in [5, 5.41) is 27.2. The molecule has 1 aromatic carbocycles. The SMILES string of the molecule is CN(CC(C)(CO)CO)C(=O)CCc1ccc(C#N)cc1. The van der Waals surface area contributed by atoms with Crippen LogP contribution >= 0.6 is 0 Å². The molecule has 0 fully saturated rings. The molecule has 1 rings (SSSR count). The van der Waals surface area contributed by atoms with Gasteiger partial charge in [0, 0.05) is 25.4 Å². The zero-order chi connectivity index (χ0) is 15.9. The first-order chi connectivity index (χ1) is 9.94. The summed E-state index contributed by atoms with van der Waals surface area (Å²) in [6.45, 7) is 1.71. The van der Waals surface area contributed by atoms with Gasteiger partial charge in [-0.05, 0) is 24.1 Å². The monoisotopic (exact) mass is 290 g/mol. The first kappa shape index (κ1) is 17.2. The van der Waals surface area contributed by atoms with E-state index in [1.54, 1.807) is 26.1 Å². The van der Waals surface area contributed by atoms with E-state index in [1.807, 2.05) is 12.1 Å². The van der Waals surface area contributed by atoms with Crippen molar-refractivity contribution in [2.75, 3.05) is 26.8 Å². The molecule has 0 aliphatic carbocycles. The van der Waals surface area contributed by atoms with Gasteiger partial charge in [-0.3, -0.25) is 4.79 Å². The van der Waals surface area contributed by atoms with Crippen LogP contribution in [0.3, 0.4) is 0 Å². The second kappa shape index (κ2) is 7.77. The van der Waals surface area contributed by atoms with Crippen molar-refractivity contribution in [3.05, 3.63) is 35.4 Å². The highest BCUT2D eigenvalue weighted by Crippen LogP contribution is 2.16. The molecule has 5 heteroatoms. The molecule has 0 saturated heterocycles. The lowest BCUT2D eigenvalue weighted by molar-refractivity contribution is -0.132. The predicted octanol–water partition coefficient (Wildman–Crippen LogP) is 0.940. The minimum absolute atomic E-state index is 0.0347. The molecule has 0 atom stereocenters. The van der Waals surface area contributed by atoms with Crippen molar-refractivity contribution in [1.82, 2.24) is 4.90 Å². The average molecular weight is 290 g/mol. The maximum Gasteiger partial charge on any atom is 0.222 e. The number of nitriles is 1. The summed E-state index contributed by atoms with van der Waals surface area (Å²) in [7, 11) is 1.67. The van der Waals surface area contributed by atoms with E-state index in [4.69, 9.17) is 5.26 Å². The van der Waals surface area contributed by atoms with E-state index in [2.05, 4.69) is 6.07 Å². The van der Waals surface area contributed by atoms with Crippen molar-refractivity contribution in [2.45, 2.75) is 19.8 Å². The van der Waals surface area contributed by atoms with Crippen molar-refractivity contribution in [3.63, 3.8) is 0 Å².